The molecule has 0 heterocycles. The van der Waals surface area contributed by atoms with E-state index in [1.165, 1.54) is 0 Å². The highest BCUT2D eigenvalue weighted by atomic mass is 79.9. The monoisotopic (exact) mass is 328 g/mol. The molecular formula is C13H17BrN2O3. The van der Waals surface area contributed by atoms with Crippen molar-refractivity contribution in [3.05, 3.63) is 28.2 Å². The number of halogens is 1. The number of carboxylic acids is 1. The summed E-state index contributed by atoms with van der Waals surface area (Å²) in [7, 11) is 0. The molecule has 0 saturated heterocycles. The van der Waals surface area contributed by atoms with Crippen molar-refractivity contribution in [3.8, 4) is 0 Å². The summed E-state index contributed by atoms with van der Waals surface area (Å²) in [5, 5.41) is 14.1. The number of amides is 2. The standard InChI is InChI=1S/C13H17BrN2O3/c1-3-9(12(17)18)7-15-13(19)16-11-5-8(2)4-10(14)6-11/h4-6,9H,3,7H2,1-2H3,(H,17,18)(H2,15,16,19). The van der Waals surface area contributed by atoms with Gasteiger partial charge in [0.25, 0.3) is 0 Å². The van der Waals surface area contributed by atoms with E-state index in [1.807, 2.05) is 19.1 Å². The minimum absolute atomic E-state index is 0.116. The van der Waals surface area contributed by atoms with Crippen molar-refractivity contribution in [2.24, 2.45) is 5.92 Å². The summed E-state index contributed by atoms with van der Waals surface area (Å²) < 4.78 is 0.875. The quantitative estimate of drug-likeness (QED) is 0.777. The van der Waals surface area contributed by atoms with E-state index >= 15 is 0 Å². The Morgan fingerprint density at radius 2 is 2.05 bits per heavy atom. The maximum atomic E-state index is 11.6. The summed E-state index contributed by atoms with van der Waals surface area (Å²) >= 11 is 3.35. The topological polar surface area (TPSA) is 78.4 Å². The maximum Gasteiger partial charge on any atom is 0.319 e. The first-order valence-electron chi connectivity index (χ1n) is 5.97. The Labute approximate surface area is 120 Å². The number of carbonyl (C=O) groups is 2. The van der Waals surface area contributed by atoms with Crippen LogP contribution in [0, 0.1) is 12.8 Å². The van der Waals surface area contributed by atoms with Gasteiger partial charge in [0.1, 0.15) is 0 Å². The van der Waals surface area contributed by atoms with Crippen LogP contribution in [0.1, 0.15) is 18.9 Å². The molecule has 0 saturated carbocycles. The van der Waals surface area contributed by atoms with Gasteiger partial charge in [0.15, 0.2) is 0 Å². The molecule has 5 nitrogen and oxygen atoms in total. The maximum absolute atomic E-state index is 11.6. The highest BCUT2D eigenvalue weighted by Gasteiger charge is 2.15. The third-order valence-corrected chi connectivity index (χ3v) is 3.11. The zero-order valence-corrected chi connectivity index (χ0v) is 12.5. The second-order valence-electron chi connectivity index (χ2n) is 4.30. The first kappa shape index (κ1) is 15.5. The van der Waals surface area contributed by atoms with Crippen LogP contribution < -0.4 is 10.6 Å². The third-order valence-electron chi connectivity index (χ3n) is 2.65. The van der Waals surface area contributed by atoms with Gasteiger partial charge in [-0.1, -0.05) is 22.9 Å². The van der Waals surface area contributed by atoms with Crippen molar-refractivity contribution in [3.63, 3.8) is 0 Å². The van der Waals surface area contributed by atoms with Crippen LogP contribution >= 0.6 is 15.9 Å². The lowest BCUT2D eigenvalue weighted by molar-refractivity contribution is -0.141. The number of hydrogen-bond donors (Lipinski definition) is 3. The number of hydrogen-bond acceptors (Lipinski definition) is 2. The number of carboxylic acid groups (broad SMARTS) is 1. The molecule has 0 aliphatic heterocycles. The Balaban J connectivity index is 2.53. The van der Waals surface area contributed by atoms with E-state index in [4.69, 9.17) is 5.11 Å². The van der Waals surface area contributed by atoms with Crippen molar-refractivity contribution in [2.45, 2.75) is 20.3 Å². The number of aliphatic carboxylic acids is 1. The first-order chi connectivity index (χ1) is 8.92. The molecule has 2 amide bonds. The number of carbonyl (C=O) groups excluding carboxylic acids is 1. The van der Waals surface area contributed by atoms with Gasteiger partial charge in [0.05, 0.1) is 5.92 Å². The third kappa shape index (κ3) is 5.30. The summed E-state index contributed by atoms with van der Waals surface area (Å²) in [5.74, 6) is -1.46. The van der Waals surface area contributed by atoms with E-state index in [1.54, 1.807) is 13.0 Å². The van der Waals surface area contributed by atoms with Crippen molar-refractivity contribution in [1.29, 1.82) is 0 Å². The first-order valence-corrected chi connectivity index (χ1v) is 6.76. The zero-order chi connectivity index (χ0) is 14.4. The molecule has 1 aromatic carbocycles. The van der Waals surface area contributed by atoms with Gasteiger partial charge in [-0.3, -0.25) is 4.79 Å². The van der Waals surface area contributed by atoms with E-state index in [0.29, 0.717) is 12.1 Å². The van der Waals surface area contributed by atoms with E-state index in [0.717, 1.165) is 10.0 Å². The zero-order valence-electron chi connectivity index (χ0n) is 10.9. The van der Waals surface area contributed by atoms with Gasteiger partial charge in [-0.25, -0.2) is 4.79 Å². The Morgan fingerprint density at radius 1 is 1.37 bits per heavy atom. The predicted molar refractivity (Wildman–Crippen MR) is 77.3 cm³/mol. The van der Waals surface area contributed by atoms with Crippen LogP contribution in [0.5, 0.6) is 0 Å². The minimum atomic E-state index is -0.902. The van der Waals surface area contributed by atoms with Crippen molar-refractivity contribution in [1.82, 2.24) is 5.32 Å². The number of rotatable bonds is 5. The minimum Gasteiger partial charge on any atom is -0.481 e. The summed E-state index contributed by atoms with van der Waals surface area (Å²) in [6, 6.07) is 5.14. The van der Waals surface area contributed by atoms with Gasteiger partial charge >= 0.3 is 12.0 Å². The van der Waals surface area contributed by atoms with Gasteiger partial charge in [-0.05, 0) is 37.1 Å². The highest BCUT2D eigenvalue weighted by Crippen LogP contribution is 2.18. The number of benzene rings is 1. The molecular weight excluding hydrogens is 312 g/mol. The second-order valence-corrected chi connectivity index (χ2v) is 5.21. The van der Waals surface area contributed by atoms with Gasteiger partial charge in [0, 0.05) is 16.7 Å². The van der Waals surface area contributed by atoms with Gasteiger partial charge < -0.3 is 15.7 Å². The molecule has 0 radical (unpaired) electrons. The Bertz CT molecular complexity index is 457. The van der Waals surface area contributed by atoms with Crippen LogP contribution in [-0.4, -0.2) is 23.7 Å². The van der Waals surface area contributed by atoms with Crippen LogP contribution in [0.3, 0.4) is 0 Å². The molecule has 1 rings (SSSR count). The largest absolute Gasteiger partial charge is 0.481 e. The molecule has 0 fully saturated rings. The molecule has 1 aromatic rings. The fourth-order valence-corrected chi connectivity index (χ4v) is 2.21. The number of aryl methyl sites for hydroxylation is 1. The molecule has 0 aromatic heterocycles. The lowest BCUT2D eigenvalue weighted by atomic mass is 10.1. The summed E-state index contributed by atoms with van der Waals surface area (Å²) in [6.07, 6.45) is 0.478. The fraction of sp³-hybridized carbons (Fsp3) is 0.385. The highest BCUT2D eigenvalue weighted by molar-refractivity contribution is 9.10. The molecule has 0 bridgehead atoms. The lowest BCUT2D eigenvalue weighted by Gasteiger charge is -2.12. The fourth-order valence-electron chi connectivity index (χ4n) is 1.61. The molecule has 19 heavy (non-hydrogen) atoms. The van der Waals surface area contributed by atoms with Crippen LogP contribution in [0.25, 0.3) is 0 Å². The molecule has 0 spiro atoms. The predicted octanol–water partition coefficient (Wildman–Crippen LogP) is 2.99. The number of nitrogens with one attached hydrogen (secondary N) is 2. The summed E-state index contributed by atoms with van der Waals surface area (Å²) in [6.45, 7) is 3.81. The van der Waals surface area contributed by atoms with Gasteiger partial charge in [-0.15, -0.1) is 0 Å². The molecule has 104 valence electrons. The van der Waals surface area contributed by atoms with Gasteiger partial charge in [0.2, 0.25) is 0 Å². The Morgan fingerprint density at radius 3 is 2.58 bits per heavy atom. The average molecular weight is 329 g/mol. The van der Waals surface area contributed by atoms with Crippen molar-refractivity contribution >= 4 is 33.6 Å². The van der Waals surface area contributed by atoms with E-state index in [2.05, 4.69) is 26.6 Å². The van der Waals surface area contributed by atoms with Crippen LogP contribution in [-0.2, 0) is 4.79 Å². The van der Waals surface area contributed by atoms with E-state index < -0.39 is 17.9 Å². The van der Waals surface area contributed by atoms with E-state index in [-0.39, 0.29) is 6.54 Å². The van der Waals surface area contributed by atoms with Crippen LogP contribution in [0.4, 0.5) is 10.5 Å². The Kier molecular flexibility index (Phi) is 5.82. The normalized spacial score (nSPS) is 11.7. The summed E-state index contributed by atoms with van der Waals surface area (Å²) in [5.41, 5.74) is 1.68. The molecule has 6 heteroatoms. The van der Waals surface area contributed by atoms with Crippen LogP contribution in [0.2, 0.25) is 0 Å². The van der Waals surface area contributed by atoms with E-state index in [9.17, 15) is 9.59 Å². The Hall–Kier alpha value is -1.56. The molecule has 3 N–H and O–H groups in total. The van der Waals surface area contributed by atoms with Crippen molar-refractivity contribution < 1.29 is 14.7 Å². The van der Waals surface area contributed by atoms with Gasteiger partial charge in [-0.2, -0.15) is 0 Å². The SMILES string of the molecule is CCC(CNC(=O)Nc1cc(C)cc(Br)c1)C(=O)O. The molecule has 1 unspecified atom stereocenters. The summed E-state index contributed by atoms with van der Waals surface area (Å²) in [4.78, 5) is 22.5. The van der Waals surface area contributed by atoms with Crippen LogP contribution in [0.15, 0.2) is 22.7 Å². The number of urea groups is 1. The lowest BCUT2D eigenvalue weighted by Crippen LogP contribution is -2.35. The second kappa shape index (κ2) is 7.13. The molecule has 0 aliphatic carbocycles. The van der Waals surface area contributed by atoms with Crippen molar-refractivity contribution in [2.75, 3.05) is 11.9 Å². The number of anilines is 1. The molecule has 1 atom stereocenters. The molecule has 0 aliphatic rings. The average Bonchev–Trinajstić information content (AvgIpc) is 2.27. The smallest absolute Gasteiger partial charge is 0.319 e.